The van der Waals surface area contributed by atoms with E-state index in [1.807, 2.05) is 13.0 Å². The molecule has 4 heterocycles. The van der Waals surface area contributed by atoms with Crippen molar-refractivity contribution >= 4 is 16.6 Å². The molecule has 0 amide bonds. The highest BCUT2D eigenvalue weighted by atomic mass is 19.1. The number of ether oxygens (including phenoxy) is 2. The predicted octanol–water partition coefficient (Wildman–Crippen LogP) is 3.88. The van der Waals surface area contributed by atoms with Gasteiger partial charge in [-0.1, -0.05) is 12.1 Å². The van der Waals surface area contributed by atoms with E-state index in [9.17, 15) is 9.18 Å². The van der Waals surface area contributed by atoms with Gasteiger partial charge >= 0.3 is 0 Å². The van der Waals surface area contributed by atoms with Crippen molar-refractivity contribution in [2.24, 2.45) is 0 Å². The fourth-order valence-corrected chi connectivity index (χ4v) is 3.97. The van der Waals surface area contributed by atoms with Crippen LogP contribution in [0, 0.1) is 12.7 Å². The largest absolute Gasteiger partial charge is 0.454 e. The van der Waals surface area contributed by atoms with Crippen LogP contribution in [0.1, 0.15) is 5.69 Å². The van der Waals surface area contributed by atoms with E-state index < -0.39 is 0 Å². The van der Waals surface area contributed by atoms with Crippen LogP contribution in [0.4, 0.5) is 4.39 Å². The Morgan fingerprint density at radius 2 is 1.84 bits per heavy atom. The van der Waals surface area contributed by atoms with Gasteiger partial charge in [0.1, 0.15) is 5.82 Å². The first-order chi connectivity index (χ1) is 15.1. The van der Waals surface area contributed by atoms with Gasteiger partial charge in [-0.3, -0.25) is 9.36 Å². The van der Waals surface area contributed by atoms with Crippen molar-refractivity contribution in [3.63, 3.8) is 0 Å². The first kappa shape index (κ1) is 17.6. The van der Waals surface area contributed by atoms with Crippen molar-refractivity contribution in [1.29, 1.82) is 0 Å². The Hall–Kier alpha value is -4.20. The van der Waals surface area contributed by atoms with Crippen LogP contribution < -0.4 is 15.0 Å². The molecule has 8 heteroatoms. The van der Waals surface area contributed by atoms with Crippen LogP contribution in [0.2, 0.25) is 0 Å². The Morgan fingerprint density at radius 1 is 1.03 bits per heavy atom. The van der Waals surface area contributed by atoms with Crippen molar-refractivity contribution in [2.75, 3.05) is 6.79 Å². The van der Waals surface area contributed by atoms with E-state index in [1.165, 1.54) is 16.7 Å². The smallest absolute Gasteiger partial charge is 0.266 e. The number of pyridine rings is 1. The molecule has 0 atom stereocenters. The van der Waals surface area contributed by atoms with Gasteiger partial charge in [-0.2, -0.15) is 5.10 Å². The maximum Gasteiger partial charge on any atom is 0.266 e. The third-order valence-corrected chi connectivity index (χ3v) is 5.45. The van der Waals surface area contributed by atoms with Gasteiger partial charge in [0, 0.05) is 24.0 Å². The number of aryl methyl sites for hydroxylation is 1. The first-order valence-electron chi connectivity index (χ1n) is 9.66. The monoisotopic (exact) mass is 414 g/mol. The van der Waals surface area contributed by atoms with Crippen molar-refractivity contribution in [3.05, 3.63) is 82.8 Å². The van der Waals surface area contributed by atoms with Crippen molar-refractivity contribution < 1.29 is 13.9 Å². The minimum Gasteiger partial charge on any atom is -0.454 e. The first-order valence-corrected chi connectivity index (χ1v) is 9.66. The van der Waals surface area contributed by atoms with E-state index >= 15 is 0 Å². The quantitative estimate of drug-likeness (QED) is 0.439. The molecule has 5 aromatic rings. The van der Waals surface area contributed by atoms with Gasteiger partial charge in [0.15, 0.2) is 17.1 Å². The zero-order valence-corrected chi connectivity index (χ0v) is 16.4. The van der Waals surface area contributed by atoms with Gasteiger partial charge in [0.25, 0.3) is 5.56 Å². The third-order valence-electron chi connectivity index (χ3n) is 5.45. The number of halogens is 1. The topological polar surface area (TPSA) is 70.7 Å². The van der Waals surface area contributed by atoms with Crippen molar-refractivity contribution in [2.45, 2.75) is 6.92 Å². The molecule has 0 radical (unpaired) electrons. The van der Waals surface area contributed by atoms with E-state index in [2.05, 4.69) is 10.1 Å². The molecule has 1 aliphatic heterocycles. The number of hydrogen-bond acceptors (Lipinski definition) is 5. The average molecular weight is 414 g/mol. The summed E-state index contributed by atoms with van der Waals surface area (Å²) in [4.78, 5) is 17.8. The lowest BCUT2D eigenvalue weighted by molar-refractivity contribution is 0.174. The Bertz CT molecular complexity index is 1550. The van der Waals surface area contributed by atoms with Crippen LogP contribution in [0.5, 0.6) is 11.5 Å². The molecule has 0 aliphatic carbocycles. The summed E-state index contributed by atoms with van der Waals surface area (Å²) >= 11 is 0. The number of hydrogen-bond donors (Lipinski definition) is 0. The van der Waals surface area contributed by atoms with Crippen molar-refractivity contribution in [3.8, 4) is 28.3 Å². The number of aromatic nitrogens is 4. The molecule has 0 saturated carbocycles. The second-order valence-electron chi connectivity index (χ2n) is 7.29. The fourth-order valence-electron chi connectivity index (χ4n) is 3.97. The standard InChI is InChI=1S/C23H15FN4O3/c1-13-21(14-2-4-15(24)5-3-14)22-25-11-17-18(28(22)26-13)8-9-27(23(17)29)16-6-7-19-20(10-16)31-12-30-19/h2-11H,12H2,1H3. The second-order valence-corrected chi connectivity index (χ2v) is 7.29. The molecule has 31 heavy (non-hydrogen) atoms. The van der Waals surface area contributed by atoms with Gasteiger partial charge in [0.05, 0.1) is 22.3 Å². The van der Waals surface area contributed by atoms with E-state index in [-0.39, 0.29) is 18.2 Å². The maximum absolute atomic E-state index is 13.4. The lowest BCUT2D eigenvalue weighted by Crippen LogP contribution is -2.18. The minimum atomic E-state index is -0.305. The molecule has 0 saturated heterocycles. The molecule has 0 unspecified atom stereocenters. The SMILES string of the molecule is Cc1nn2c(ncc3c(=O)n(-c4ccc5c(c4)OCO5)ccc32)c1-c1ccc(F)cc1. The molecular formula is C23H15FN4O3. The molecule has 6 rings (SSSR count). The summed E-state index contributed by atoms with van der Waals surface area (Å²) in [5.74, 6) is 0.950. The highest BCUT2D eigenvalue weighted by Crippen LogP contribution is 2.33. The third kappa shape index (κ3) is 2.61. The van der Waals surface area contributed by atoms with Crippen LogP contribution in [-0.2, 0) is 0 Å². The van der Waals surface area contributed by atoms with Crippen LogP contribution in [0.15, 0.2) is 65.7 Å². The molecule has 0 fully saturated rings. The van der Waals surface area contributed by atoms with Crippen LogP contribution in [0.3, 0.4) is 0 Å². The molecule has 0 N–H and O–H groups in total. The van der Waals surface area contributed by atoms with Gasteiger partial charge in [0.2, 0.25) is 6.79 Å². The zero-order chi connectivity index (χ0) is 21.1. The Balaban J connectivity index is 1.55. The predicted molar refractivity (Wildman–Crippen MR) is 112 cm³/mol. The lowest BCUT2D eigenvalue weighted by Gasteiger charge is -2.09. The second kappa shape index (κ2) is 6.40. The Labute approximate surface area is 174 Å². The summed E-state index contributed by atoms with van der Waals surface area (Å²) < 4.78 is 27.3. The summed E-state index contributed by atoms with van der Waals surface area (Å²) in [5.41, 5.74) is 4.06. The molecule has 7 nitrogen and oxygen atoms in total. The fraction of sp³-hybridized carbons (Fsp3) is 0.0870. The summed E-state index contributed by atoms with van der Waals surface area (Å²) in [7, 11) is 0. The van der Waals surface area contributed by atoms with Gasteiger partial charge in [-0.25, -0.2) is 13.9 Å². The molecular weight excluding hydrogens is 399 g/mol. The van der Waals surface area contributed by atoms with Crippen molar-refractivity contribution in [1.82, 2.24) is 19.2 Å². The number of fused-ring (bicyclic) bond motifs is 4. The number of benzene rings is 2. The van der Waals surface area contributed by atoms with Crippen LogP contribution >= 0.6 is 0 Å². The normalized spacial score (nSPS) is 12.7. The van der Waals surface area contributed by atoms with E-state index in [0.717, 1.165) is 16.8 Å². The molecule has 2 aromatic carbocycles. The Morgan fingerprint density at radius 3 is 2.68 bits per heavy atom. The highest BCUT2D eigenvalue weighted by Gasteiger charge is 2.18. The number of nitrogens with zero attached hydrogens (tertiary/aromatic N) is 4. The van der Waals surface area contributed by atoms with E-state index in [1.54, 1.807) is 47.2 Å². The maximum atomic E-state index is 13.4. The van der Waals surface area contributed by atoms with Gasteiger partial charge in [-0.15, -0.1) is 0 Å². The lowest BCUT2D eigenvalue weighted by atomic mass is 10.1. The zero-order valence-electron chi connectivity index (χ0n) is 16.4. The van der Waals surface area contributed by atoms with Gasteiger partial charge < -0.3 is 9.47 Å². The summed E-state index contributed by atoms with van der Waals surface area (Å²) in [6, 6.07) is 13.4. The van der Waals surface area contributed by atoms with Crippen LogP contribution in [-0.4, -0.2) is 26.0 Å². The number of rotatable bonds is 2. The summed E-state index contributed by atoms with van der Waals surface area (Å²) in [6.45, 7) is 2.04. The molecule has 0 bridgehead atoms. The van der Waals surface area contributed by atoms with E-state index in [4.69, 9.17) is 9.47 Å². The van der Waals surface area contributed by atoms with E-state index in [0.29, 0.717) is 33.7 Å². The minimum absolute atomic E-state index is 0.169. The average Bonchev–Trinajstić information content (AvgIpc) is 3.38. The molecule has 152 valence electrons. The van der Waals surface area contributed by atoms with Crippen LogP contribution in [0.25, 0.3) is 33.4 Å². The summed E-state index contributed by atoms with van der Waals surface area (Å²) in [6.07, 6.45) is 3.26. The molecule has 3 aromatic heterocycles. The Kier molecular flexibility index (Phi) is 3.64. The molecule has 0 spiro atoms. The molecule has 1 aliphatic rings. The summed E-state index contributed by atoms with van der Waals surface area (Å²) in [5, 5.41) is 5.04. The highest BCUT2D eigenvalue weighted by molar-refractivity contribution is 5.86. The van der Waals surface area contributed by atoms with Gasteiger partial charge in [-0.05, 0) is 42.8 Å².